The molecule has 0 spiro atoms. The van der Waals surface area contributed by atoms with Crippen LogP contribution in [0, 0.1) is 23.7 Å². The lowest BCUT2D eigenvalue weighted by molar-refractivity contribution is -0.0174. The van der Waals surface area contributed by atoms with Gasteiger partial charge in [0.05, 0.1) is 53.3 Å². The zero-order valence-corrected chi connectivity index (χ0v) is 38.3. The summed E-state index contributed by atoms with van der Waals surface area (Å²) < 4.78 is 25.3. The minimum Gasteiger partial charge on any atom is -0.497 e. The van der Waals surface area contributed by atoms with E-state index >= 15 is 0 Å². The molecule has 4 unspecified atom stereocenters. The Morgan fingerprint density at radius 2 is 1.33 bits per heavy atom. The number of piperidine rings is 4. The molecule has 4 fully saturated rings. The highest BCUT2D eigenvalue weighted by Gasteiger charge is 2.43. The van der Waals surface area contributed by atoms with Gasteiger partial charge in [0.15, 0.2) is 0 Å². The van der Waals surface area contributed by atoms with Gasteiger partial charge in [-0.1, -0.05) is 68.3 Å². The Kier molecular flexibility index (Phi) is 12.8. The first-order valence-corrected chi connectivity index (χ1v) is 23.6. The fourth-order valence-electron chi connectivity index (χ4n) is 10.8. The van der Waals surface area contributed by atoms with Crippen molar-refractivity contribution >= 4 is 55.2 Å². The van der Waals surface area contributed by atoms with Crippen LogP contribution in [0.3, 0.4) is 0 Å². The fourth-order valence-corrected chi connectivity index (χ4v) is 11.9. The Balaban J connectivity index is 1.03. The number of methoxy groups -OCH3 is 2. The molecule has 4 aliphatic heterocycles. The molecule has 3 aromatic carbocycles. The number of fused-ring (bicyclic) bond motifs is 6. The first-order chi connectivity index (χ1) is 29.9. The van der Waals surface area contributed by atoms with Gasteiger partial charge in [0.1, 0.15) is 11.5 Å². The lowest BCUT2D eigenvalue weighted by Crippen LogP contribution is -2.55. The summed E-state index contributed by atoms with van der Waals surface area (Å²) in [5.41, 5.74) is 4.33. The zero-order chi connectivity index (χ0) is 42.0. The largest absolute Gasteiger partial charge is 0.497 e. The number of ether oxygens (including phenoxy) is 4. The molecule has 10 nitrogen and oxygen atoms in total. The SMILES string of the molecule is CCC1CN([C@H](I)[C@@H](COc2nnc(OC[C@@H](c3ccnc4ccc(OC)cc34)[C@H]3C[C@H]4CCN3CC4CC)c3ccccc23)c2ccnc3ccc(OC)cc23)CCC1C. The summed E-state index contributed by atoms with van der Waals surface area (Å²) in [6.07, 6.45) is 9.89. The molecule has 9 atom stereocenters. The third kappa shape index (κ3) is 8.46. The third-order valence-electron chi connectivity index (χ3n) is 14.5. The monoisotopic (exact) mass is 934 g/mol. The molecule has 7 heterocycles. The maximum atomic E-state index is 6.89. The number of halogens is 1. The van der Waals surface area contributed by atoms with Gasteiger partial charge in [-0.2, -0.15) is 0 Å². The normalized spacial score (nSPS) is 24.4. The minimum atomic E-state index is 0.0169. The smallest absolute Gasteiger partial charge is 0.241 e. The van der Waals surface area contributed by atoms with Gasteiger partial charge in [0.2, 0.25) is 11.8 Å². The lowest BCUT2D eigenvalue weighted by atomic mass is 9.70. The molecule has 0 aliphatic carbocycles. The molecule has 0 N–H and O–H groups in total. The van der Waals surface area contributed by atoms with Gasteiger partial charge in [-0.3, -0.25) is 19.8 Å². The highest BCUT2D eigenvalue weighted by molar-refractivity contribution is 14.1. The van der Waals surface area contributed by atoms with Gasteiger partial charge < -0.3 is 18.9 Å². The molecule has 4 saturated heterocycles. The van der Waals surface area contributed by atoms with E-state index in [2.05, 4.69) is 95.6 Å². The first kappa shape index (κ1) is 42.0. The zero-order valence-electron chi connectivity index (χ0n) is 36.2. The summed E-state index contributed by atoms with van der Waals surface area (Å²) in [5, 5.41) is 13.5. The van der Waals surface area contributed by atoms with E-state index in [1.807, 2.05) is 42.7 Å². The van der Waals surface area contributed by atoms with Crippen LogP contribution in [0.25, 0.3) is 32.6 Å². The standard InChI is InChI=1S/C50H59IN6O4/c1-6-32-27-57(22-18-31(32)3)48(51)44(38-17-21-53-46-15-13-36(59-5)26-42(38)46)30-61-50-40-11-9-8-10-39(40)49(54-55-50)60-29-43(47-24-34-19-23-56(47)28-33(34)7-2)37-16-20-52-45-14-12-35(58-4)25-41(37)45/h8-17,20-21,25-26,31-34,43-44,47-48H,6-7,18-19,22-24,27-30H2,1-5H3/t31?,32?,33?,34-,43+,44+,47-,48+/m1/s1. The van der Waals surface area contributed by atoms with Crippen LogP contribution in [-0.2, 0) is 0 Å². The number of benzene rings is 3. The predicted molar refractivity (Wildman–Crippen MR) is 251 cm³/mol. The van der Waals surface area contributed by atoms with E-state index in [1.165, 1.54) is 36.8 Å². The average Bonchev–Trinajstić information content (AvgIpc) is 3.31. The summed E-state index contributed by atoms with van der Waals surface area (Å²) in [4.78, 5) is 14.9. The molecular weight excluding hydrogens is 875 g/mol. The Morgan fingerprint density at radius 1 is 0.705 bits per heavy atom. The lowest BCUT2D eigenvalue weighted by Gasteiger charge is -2.52. The first-order valence-electron chi connectivity index (χ1n) is 22.4. The molecule has 61 heavy (non-hydrogen) atoms. The number of likely N-dealkylation sites (tertiary alicyclic amines) is 1. The molecule has 6 aromatic rings. The van der Waals surface area contributed by atoms with E-state index in [0.29, 0.717) is 36.9 Å². The van der Waals surface area contributed by atoms with Crippen molar-refractivity contribution in [2.45, 2.75) is 74.8 Å². The van der Waals surface area contributed by atoms with Crippen LogP contribution in [0.2, 0.25) is 0 Å². The van der Waals surface area contributed by atoms with Crippen LogP contribution in [0.5, 0.6) is 23.3 Å². The van der Waals surface area contributed by atoms with E-state index in [-0.39, 0.29) is 15.9 Å². The Hall–Kier alpha value is -4.33. The van der Waals surface area contributed by atoms with Crippen molar-refractivity contribution in [1.29, 1.82) is 0 Å². The van der Waals surface area contributed by atoms with Crippen molar-refractivity contribution in [2.24, 2.45) is 23.7 Å². The maximum absolute atomic E-state index is 6.89. The summed E-state index contributed by atoms with van der Waals surface area (Å²) in [7, 11) is 3.44. The molecular formula is C50H59IN6O4. The van der Waals surface area contributed by atoms with Gasteiger partial charge in [0, 0.05) is 54.1 Å². The second kappa shape index (κ2) is 18.6. The number of rotatable bonds is 15. The number of hydrogen-bond donors (Lipinski definition) is 0. The molecule has 0 saturated carbocycles. The van der Waals surface area contributed by atoms with Gasteiger partial charge in [-0.15, -0.1) is 10.2 Å². The summed E-state index contributed by atoms with van der Waals surface area (Å²) >= 11 is 2.66. The summed E-state index contributed by atoms with van der Waals surface area (Å²) in [6.45, 7) is 12.4. The van der Waals surface area contributed by atoms with Gasteiger partial charge in [-0.05, 0) is 128 Å². The van der Waals surface area contributed by atoms with Crippen molar-refractivity contribution < 1.29 is 18.9 Å². The van der Waals surface area contributed by atoms with Crippen molar-refractivity contribution in [3.05, 3.63) is 96.3 Å². The van der Waals surface area contributed by atoms with Crippen LogP contribution >= 0.6 is 22.6 Å². The van der Waals surface area contributed by atoms with Crippen LogP contribution in [-0.4, -0.2) is 93.7 Å². The molecule has 0 amide bonds. The van der Waals surface area contributed by atoms with Crippen LogP contribution in [0.15, 0.2) is 85.2 Å². The van der Waals surface area contributed by atoms with Crippen LogP contribution in [0.4, 0.5) is 0 Å². The molecule has 10 rings (SSSR count). The van der Waals surface area contributed by atoms with Crippen LogP contribution < -0.4 is 18.9 Å². The summed E-state index contributed by atoms with van der Waals surface area (Å²) in [5.74, 6) is 5.66. The van der Waals surface area contributed by atoms with Gasteiger partial charge >= 0.3 is 0 Å². The Bertz CT molecular complexity index is 2470. The van der Waals surface area contributed by atoms with Crippen molar-refractivity contribution in [2.75, 3.05) is 53.6 Å². The van der Waals surface area contributed by atoms with E-state index in [1.54, 1.807) is 14.2 Å². The second-order valence-corrected chi connectivity index (χ2v) is 18.9. The average molecular weight is 935 g/mol. The van der Waals surface area contributed by atoms with E-state index in [4.69, 9.17) is 39.1 Å². The predicted octanol–water partition coefficient (Wildman–Crippen LogP) is 10.3. The van der Waals surface area contributed by atoms with Crippen molar-refractivity contribution in [3.8, 4) is 23.3 Å². The number of aromatic nitrogens is 4. The number of hydrogen-bond acceptors (Lipinski definition) is 10. The number of alkyl halides is 1. The molecule has 3 aromatic heterocycles. The van der Waals surface area contributed by atoms with Gasteiger partial charge in [-0.25, -0.2) is 0 Å². The maximum Gasteiger partial charge on any atom is 0.241 e. The quantitative estimate of drug-likeness (QED) is 0.0563. The molecule has 0 radical (unpaired) electrons. The fraction of sp³-hybridized carbons (Fsp3) is 0.480. The summed E-state index contributed by atoms with van der Waals surface area (Å²) in [6, 6.07) is 25.2. The van der Waals surface area contributed by atoms with Crippen molar-refractivity contribution in [1.82, 2.24) is 30.0 Å². The molecule has 4 aliphatic rings. The topological polar surface area (TPSA) is 95.0 Å². The minimum absolute atomic E-state index is 0.0169. The molecule has 11 heteroatoms. The van der Waals surface area contributed by atoms with Crippen LogP contribution in [0.1, 0.15) is 75.8 Å². The van der Waals surface area contributed by atoms with E-state index in [9.17, 15) is 0 Å². The van der Waals surface area contributed by atoms with E-state index < -0.39 is 0 Å². The number of pyridine rings is 2. The Labute approximate surface area is 373 Å². The molecule has 320 valence electrons. The Morgan fingerprint density at radius 3 is 1.93 bits per heavy atom. The van der Waals surface area contributed by atoms with E-state index in [0.717, 1.165) is 94.4 Å². The van der Waals surface area contributed by atoms with Gasteiger partial charge in [0.25, 0.3) is 0 Å². The van der Waals surface area contributed by atoms with Crippen molar-refractivity contribution in [3.63, 3.8) is 0 Å². The molecule has 2 bridgehead atoms. The number of nitrogens with zero attached hydrogens (tertiary/aromatic N) is 6. The third-order valence-corrected chi connectivity index (χ3v) is 16.1. The second-order valence-electron chi connectivity index (χ2n) is 17.6. The highest BCUT2D eigenvalue weighted by atomic mass is 127. The highest BCUT2D eigenvalue weighted by Crippen LogP contribution is 2.45.